The first-order chi connectivity index (χ1) is 11.6. The summed E-state index contributed by atoms with van der Waals surface area (Å²) >= 11 is 0. The van der Waals surface area contributed by atoms with Gasteiger partial charge in [-0.3, -0.25) is 4.79 Å². The van der Waals surface area contributed by atoms with Crippen molar-refractivity contribution >= 4 is 15.9 Å². The van der Waals surface area contributed by atoms with Crippen molar-refractivity contribution in [3.05, 3.63) is 42.5 Å². The van der Waals surface area contributed by atoms with Gasteiger partial charge in [0.15, 0.2) is 0 Å². The van der Waals surface area contributed by atoms with Gasteiger partial charge in [-0.15, -0.1) is 6.58 Å². The summed E-state index contributed by atoms with van der Waals surface area (Å²) in [5.74, 6) is -0.893. The Bertz CT molecular complexity index is 741. The van der Waals surface area contributed by atoms with Crippen LogP contribution in [0, 0.1) is 0 Å². The first-order valence-corrected chi connectivity index (χ1v) is 9.16. The van der Waals surface area contributed by atoms with Gasteiger partial charge in [0, 0.05) is 25.2 Å². The number of nitrogens with zero attached hydrogens (tertiary/aromatic N) is 2. The zero-order chi connectivity index (χ0) is 18.7. The van der Waals surface area contributed by atoms with E-state index < -0.39 is 28.7 Å². The molecule has 0 aliphatic carbocycles. The largest absolute Gasteiger partial charge is 0.406 e. The molecule has 1 fully saturated rings. The third-order valence-electron chi connectivity index (χ3n) is 3.79. The molecule has 25 heavy (non-hydrogen) atoms. The van der Waals surface area contributed by atoms with Crippen molar-refractivity contribution in [1.29, 1.82) is 0 Å². The summed E-state index contributed by atoms with van der Waals surface area (Å²) in [4.78, 5) is 12.9. The number of benzene rings is 1. The Balaban J connectivity index is 2.30. The van der Waals surface area contributed by atoms with Crippen LogP contribution in [0.3, 0.4) is 0 Å². The van der Waals surface area contributed by atoms with Gasteiger partial charge in [-0.05, 0) is 31.0 Å². The van der Waals surface area contributed by atoms with Crippen LogP contribution < -0.4 is 0 Å². The highest BCUT2D eigenvalue weighted by atomic mass is 32.2. The average Bonchev–Trinajstić information content (AvgIpc) is 3.08. The van der Waals surface area contributed by atoms with Crippen LogP contribution in [-0.4, -0.2) is 55.9 Å². The minimum absolute atomic E-state index is 0.0918. The minimum atomic E-state index is -4.56. The average molecular weight is 376 g/mol. The Kier molecular flexibility index (Phi) is 5.89. The van der Waals surface area contributed by atoms with Crippen molar-refractivity contribution in [3.63, 3.8) is 0 Å². The van der Waals surface area contributed by atoms with Crippen LogP contribution in [0.1, 0.15) is 23.2 Å². The second-order valence-electron chi connectivity index (χ2n) is 5.73. The van der Waals surface area contributed by atoms with E-state index in [1.165, 1.54) is 28.6 Å². The predicted octanol–water partition coefficient (Wildman–Crippen LogP) is 2.66. The molecule has 0 spiro atoms. The SMILES string of the molecule is C=CCN(CC(F)(F)F)C(=O)c1cccc(S(=O)(=O)N2CCCC2)c1. The maximum atomic E-state index is 12.6. The fraction of sp³-hybridized carbons (Fsp3) is 0.438. The zero-order valence-corrected chi connectivity index (χ0v) is 14.3. The molecule has 1 aromatic rings. The Labute approximate surface area is 144 Å². The molecule has 0 bridgehead atoms. The molecule has 1 aliphatic heterocycles. The van der Waals surface area contributed by atoms with Gasteiger partial charge in [0.05, 0.1) is 4.90 Å². The molecule has 9 heteroatoms. The second-order valence-corrected chi connectivity index (χ2v) is 7.67. The molecular formula is C16H19F3N2O3S. The highest BCUT2D eigenvalue weighted by molar-refractivity contribution is 7.89. The summed E-state index contributed by atoms with van der Waals surface area (Å²) in [6, 6.07) is 5.13. The maximum absolute atomic E-state index is 12.6. The highest BCUT2D eigenvalue weighted by Gasteiger charge is 2.33. The molecule has 0 aromatic heterocycles. The summed E-state index contributed by atoms with van der Waals surface area (Å²) < 4.78 is 64.3. The third-order valence-corrected chi connectivity index (χ3v) is 5.69. The normalized spacial score (nSPS) is 16.0. The van der Waals surface area contributed by atoms with Crippen molar-refractivity contribution in [2.75, 3.05) is 26.2 Å². The molecule has 1 aromatic carbocycles. The molecule has 5 nitrogen and oxygen atoms in total. The number of amides is 1. The predicted molar refractivity (Wildman–Crippen MR) is 86.6 cm³/mol. The number of halogens is 3. The Hall–Kier alpha value is -1.87. The third kappa shape index (κ3) is 4.82. The van der Waals surface area contributed by atoms with Gasteiger partial charge in [0.2, 0.25) is 10.0 Å². The topological polar surface area (TPSA) is 57.7 Å². The maximum Gasteiger partial charge on any atom is 0.406 e. The molecule has 1 aliphatic rings. The molecule has 0 radical (unpaired) electrons. The zero-order valence-electron chi connectivity index (χ0n) is 13.5. The van der Waals surface area contributed by atoms with E-state index in [9.17, 15) is 26.4 Å². The van der Waals surface area contributed by atoms with Crippen molar-refractivity contribution in [2.24, 2.45) is 0 Å². The lowest BCUT2D eigenvalue weighted by Gasteiger charge is -2.23. The van der Waals surface area contributed by atoms with E-state index in [2.05, 4.69) is 6.58 Å². The Morgan fingerprint density at radius 3 is 2.48 bits per heavy atom. The van der Waals surface area contributed by atoms with Crippen LogP contribution in [0.5, 0.6) is 0 Å². The van der Waals surface area contributed by atoms with E-state index in [0.717, 1.165) is 18.9 Å². The molecule has 1 saturated heterocycles. The lowest BCUT2D eigenvalue weighted by molar-refractivity contribution is -0.139. The monoisotopic (exact) mass is 376 g/mol. The van der Waals surface area contributed by atoms with Gasteiger partial charge >= 0.3 is 6.18 Å². The molecule has 0 atom stereocenters. The van der Waals surface area contributed by atoms with Crippen molar-refractivity contribution in [3.8, 4) is 0 Å². The molecule has 0 N–H and O–H groups in total. The minimum Gasteiger partial charge on any atom is -0.326 e. The van der Waals surface area contributed by atoms with Crippen LogP contribution in [0.2, 0.25) is 0 Å². The van der Waals surface area contributed by atoms with Crippen molar-refractivity contribution in [1.82, 2.24) is 9.21 Å². The summed E-state index contributed by atoms with van der Waals surface area (Å²) in [5, 5.41) is 0. The standard InChI is InChI=1S/C16H19F3N2O3S/c1-2-8-20(12-16(17,18)19)15(22)13-6-5-7-14(11-13)25(23,24)21-9-3-4-10-21/h2,5-7,11H,1,3-4,8-10,12H2. The van der Waals surface area contributed by atoms with E-state index in [0.29, 0.717) is 18.0 Å². The van der Waals surface area contributed by atoms with Crippen LogP contribution in [0.15, 0.2) is 41.8 Å². The Morgan fingerprint density at radius 2 is 1.92 bits per heavy atom. The van der Waals surface area contributed by atoms with Gasteiger partial charge in [-0.2, -0.15) is 17.5 Å². The van der Waals surface area contributed by atoms with Gasteiger partial charge in [0.25, 0.3) is 5.91 Å². The van der Waals surface area contributed by atoms with Gasteiger partial charge in [-0.1, -0.05) is 12.1 Å². The van der Waals surface area contributed by atoms with Crippen LogP contribution in [0.4, 0.5) is 13.2 Å². The van der Waals surface area contributed by atoms with Crippen LogP contribution in [0.25, 0.3) is 0 Å². The van der Waals surface area contributed by atoms with E-state index in [-0.39, 0.29) is 17.0 Å². The molecule has 0 unspecified atom stereocenters. The van der Waals surface area contributed by atoms with E-state index in [1.54, 1.807) is 0 Å². The fourth-order valence-electron chi connectivity index (χ4n) is 2.64. The molecule has 1 amide bonds. The summed E-state index contributed by atoms with van der Waals surface area (Å²) in [5.41, 5.74) is -0.105. The first kappa shape index (κ1) is 19.5. The van der Waals surface area contributed by atoms with Gasteiger partial charge in [0.1, 0.15) is 6.54 Å². The van der Waals surface area contributed by atoms with Crippen LogP contribution >= 0.6 is 0 Å². The number of rotatable bonds is 6. The first-order valence-electron chi connectivity index (χ1n) is 7.72. The second kappa shape index (κ2) is 7.57. The molecule has 1 heterocycles. The van der Waals surface area contributed by atoms with E-state index >= 15 is 0 Å². The number of alkyl halides is 3. The summed E-state index contributed by atoms with van der Waals surface area (Å²) in [7, 11) is -3.75. The molecular weight excluding hydrogens is 357 g/mol. The summed E-state index contributed by atoms with van der Waals surface area (Å²) in [6.45, 7) is 2.43. The number of hydrogen-bond acceptors (Lipinski definition) is 3. The highest BCUT2D eigenvalue weighted by Crippen LogP contribution is 2.23. The molecule has 138 valence electrons. The number of carbonyl (C=O) groups is 1. The van der Waals surface area contributed by atoms with Gasteiger partial charge < -0.3 is 4.90 Å². The van der Waals surface area contributed by atoms with Crippen LogP contribution in [-0.2, 0) is 10.0 Å². The molecule has 2 rings (SSSR count). The quantitative estimate of drug-likeness (QED) is 0.718. The number of hydrogen-bond donors (Lipinski definition) is 0. The number of sulfonamides is 1. The molecule has 0 saturated carbocycles. The Morgan fingerprint density at radius 1 is 1.28 bits per heavy atom. The van der Waals surface area contributed by atoms with E-state index in [4.69, 9.17) is 0 Å². The van der Waals surface area contributed by atoms with E-state index in [1.807, 2.05) is 0 Å². The fourth-order valence-corrected chi connectivity index (χ4v) is 4.20. The van der Waals surface area contributed by atoms with Crippen molar-refractivity contribution < 1.29 is 26.4 Å². The number of carbonyl (C=O) groups excluding carboxylic acids is 1. The summed E-state index contributed by atoms with van der Waals surface area (Å²) in [6.07, 6.45) is -1.85. The van der Waals surface area contributed by atoms with Gasteiger partial charge in [-0.25, -0.2) is 8.42 Å². The van der Waals surface area contributed by atoms with Crippen molar-refractivity contribution in [2.45, 2.75) is 23.9 Å². The lowest BCUT2D eigenvalue weighted by atomic mass is 10.2. The smallest absolute Gasteiger partial charge is 0.326 e. The lowest BCUT2D eigenvalue weighted by Crippen LogP contribution is -2.39.